The number of sulfonamides is 1. The van der Waals surface area contributed by atoms with Crippen molar-refractivity contribution in [3.8, 4) is 16.9 Å². The fourth-order valence-corrected chi connectivity index (χ4v) is 4.23. The summed E-state index contributed by atoms with van der Waals surface area (Å²) in [6.07, 6.45) is 0. The highest BCUT2D eigenvalue weighted by Gasteiger charge is 2.20. The van der Waals surface area contributed by atoms with Crippen molar-refractivity contribution in [2.45, 2.75) is 32.2 Å². The maximum Gasteiger partial charge on any atom is 0.241 e. The molecule has 0 saturated heterocycles. The molecule has 3 rings (SSSR count). The molecule has 0 fully saturated rings. The van der Waals surface area contributed by atoms with Crippen LogP contribution >= 0.6 is 0 Å². The molecule has 7 heteroatoms. The summed E-state index contributed by atoms with van der Waals surface area (Å²) >= 11 is 0. The first-order chi connectivity index (χ1) is 12.8. The number of hydrogen-bond donors (Lipinski definition) is 1. The van der Waals surface area contributed by atoms with E-state index in [1.807, 2.05) is 32.0 Å². The average molecular weight is 386 g/mol. The summed E-state index contributed by atoms with van der Waals surface area (Å²) in [4.78, 5) is 0.244. The van der Waals surface area contributed by atoms with Gasteiger partial charge in [-0.25, -0.2) is 13.1 Å². The van der Waals surface area contributed by atoms with Gasteiger partial charge in [-0.2, -0.15) is 0 Å². The molecule has 0 saturated carbocycles. The molecule has 0 aliphatic heterocycles. The van der Waals surface area contributed by atoms with E-state index < -0.39 is 10.0 Å². The topological polar surface area (TPSA) is 81.4 Å². The monoisotopic (exact) mass is 386 g/mol. The first kappa shape index (κ1) is 19.1. The number of methoxy groups -OCH3 is 1. The number of nitrogens with zero attached hydrogens (tertiary/aromatic N) is 1. The number of benzene rings is 2. The Morgan fingerprint density at radius 1 is 1.07 bits per heavy atom. The molecule has 0 bridgehead atoms. The third-order valence-electron chi connectivity index (χ3n) is 4.43. The molecule has 1 N–H and O–H groups in total. The summed E-state index contributed by atoms with van der Waals surface area (Å²) in [5, 5.41) is 3.95. The third-order valence-corrected chi connectivity index (χ3v) is 5.97. The Kier molecular flexibility index (Phi) is 5.34. The van der Waals surface area contributed by atoms with Crippen LogP contribution < -0.4 is 9.46 Å². The molecular formula is C20H22N2O4S. The van der Waals surface area contributed by atoms with Gasteiger partial charge in [-0.3, -0.25) is 0 Å². The van der Waals surface area contributed by atoms with Crippen LogP contribution in [0.25, 0.3) is 11.1 Å². The van der Waals surface area contributed by atoms with Gasteiger partial charge >= 0.3 is 0 Å². The van der Waals surface area contributed by atoms with Gasteiger partial charge in [-0.1, -0.05) is 29.4 Å². The van der Waals surface area contributed by atoms with Crippen molar-refractivity contribution in [3.05, 3.63) is 65.0 Å². The van der Waals surface area contributed by atoms with Crippen LogP contribution in [0.5, 0.6) is 5.75 Å². The first-order valence-electron chi connectivity index (χ1n) is 8.48. The Labute approximate surface area is 159 Å². The molecule has 1 aromatic heterocycles. The van der Waals surface area contributed by atoms with Gasteiger partial charge < -0.3 is 9.26 Å². The molecule has 142 valence electrons. The van der Waals surface area contributed by atoms with Crippen LogP contribution in [-0.4, -0.2) is 20.7 Å². The predicted molar refractivity (Wildman–Crippen MR) is 103 cm³/mol. The number of rotatable bonds is 6. The SMILES string of the molecule is COc1ccc(CNS(=O)(=O)c2cc(-c3c(C)noc3C)ccc2C)cc1. The van der Waals surface area contributed by atoms with Gasteiger partial charge in [0.2, 0.25) is 10.0 Å². The molecule has 1 heterocycles. The van der Waals surface area contributed by atoms with Crippen molar-refractivity contribution < 1.29 is 17.7 Å². The standard InChI is InChI=1S/C20H22N2O4S/c1-13-5-8-17(20-14(2)22-26-15(20)3)11-19(13)27(23,24)21-12-16-6-9-18(25-4)10-7-16/h5-11,21H,12H2,1-4H3. The minimum atomic E-state index is -3.68. The second-order valence-corrected chi connectivity index (χ2v) is 8.09. The molecule has 0 atom stereocenters. The van der Waals surface area contributed by atoms with Crippen LogP contribution in [0.1, 0.15) is 22.6 Å². The lowest BCUT2D eigenvalue weighted by molar-refractivity contribution is 0.393. The molecule has 2 aromatic carbocycles. The highest BCUT2D eigenvalue weighted by atomic mass is 32.2. The van der Waals surface area contributed by atoms with Crippen molar-refractivity contribution in [3.63, 3.8) is 0 Å². The van der Waals surface area contributed by atoms with Crippen LogP contribution in [0, 0.1) is 20.8 Å². The van der Waals surface area contributed by atoms with Crippen LogP contribution in [0.2, 0.25) is 0 Å². The minimum Gasteiger partial charge on any atom is -0.497 e. The number of nitrogens with one attached hydrogen (secondary N) is 1. The lowest BCUT2D eigenvalue weighted by Crippen LogP contribution is -2.24. The lowest BCUT2D eigenvalue weighted by atomic mass is 10.0. The van der Waals surface area contributed by atoms with Gasteiger partial charge in [0.15, 0.2) is 0 Å². The molecule has 0 aliphatic rings. The second kappa shape index (κ2) is 7.54. The maximum atomic E-state index is 12.9. The summed E-state index contributed by atoms with van der Waals surface area (Å²) < 4.78 is 38.7. The average Bonchev–Trinajstić information content (AvgIpc) is 2.99. The Morgan fingerprint density at radius 2 is 1.78 bits per heavy atom. The molecule has 0 spiro atoms. The van der Waals surface area contributed by atoms with Gasteiger partial charge in [0, 0.05) is 12.1 Å². The molecule has 0 amide bonds. The highest BCUT2D eigenvalue weighted by molar-refractivity contribution is 7.89. The largest absolute Gasteiger partial charge is 0.497 e. The second-order valence-electron chi connectivity index (χ2n) is 6.35. The van der Waals surface area contributed by atoms with Crippen molar-refractivity contribution in [1.82, 2.24) is 9.88 Å². The fraction of sp³-hybridized carbons (Fsp3) is 0.250. The van der Waals surface area contributed by atoms with E-state index >= 15 is 0 Å². The molecule has 27 heavy (non-hydrogen) atoms. The highest BCUT2D eigenvalue weighted by Crippen LogP contribution is 2.30. The van der Waals surface area contributed by atoms with Crippen LogP contribution in [0.4, 0.5) is 0 Å². The van der Waals surface area contributed by atoms with Crippen LogP contribution in [0.3, 0.4) is 0 Å². The zero-order chi connectivity index (χ0) is 19.6. The fourth-order valence-electron chi connectivity index (χ4n) is 2.94. The quantitative estimate of drug-likeness (QED) is 0.698. The number of aryl methyl sites for hydroxylation is 3. The Morgan fingerprint density at radius 3 is 2.37 bits per heavy atom. The van der Waals surface area contributed by atoms with Crippen LogP contribution in [0.15, 0.2) is 51.9 Å². The molecule has 3 aromatic rings. The van der Waals surface area contributed by atoms with Crippen molar-refractivity contribution in [1.29, 1.82) is 0 Å². The first-order valence-corrected chi connectivity index (χ1v) is 9.96. The van der Waals surface area contributed by atoms with Crippen LogP contribution in [-0.2, 0) is 16.6 Å². The minimum absolute atomic E-state index is 0.196. The van der Waals surface area contributed by atoms with Gasteiger partial charge in [-0.15, -0.1) is 0 Å². The summed E-state index contributed by atoms with van der Waals surface area (Å²) in [7, 11) is -2.09. The van der Waals surface area contributed by atoms with Crippen molar-refractivity contribution in [2.24, 2.45) is 0 Å². The zero-order valence-electron chi connectivity index (χ0n) is 15.7. The number of hydrogen-bond acceptors (Lipinski definition) is 5. The maximum absolute atomic E-state index is 12.9. The van der Waals surface area contributed by atoms with E-state index in [9.17, 15) is 8.42 Å². The lowest BCUT2D eigenvalue weighted by Gasteiger charge is -2.12. The Balaban J connectivity index is 1.88. The van der Waals surface area contributed by atoms with Gasteiger partial charge in [0.1, 0.15) is 11.5 Å². The smallest absolute Gasteiger partial charge is 0.241 e. The summed E-state index contributed by atoms with van der Waals surface area (Å²) in [5.74, 6) is 1.38. The van der Waals surface area contributed by atoms with E-state index in [-0.39, 0.29) is 11.4 Å². The summed E-state index contributed by atoms with van der Waals surface area (Å²) in [5.41, 5.74) is 3.83. The van der Waals surface area contributed by atoms with E-state index in [1.165, 1.54) is 0 Å². The van der Waals surface area contributed by atoms with E-state index in [0.29, 0.717) is 11.3 Å². The van der Waals surface area contributed by atoms with Crippen molar-refractivity contribution in [2.75, 3.05) is 7.11 Å². The normalized spacial score (nSPS) is 11.6. The molecule has 0 aliphatic carbocycles. The Bertz CT molecular complexity index is 1030. The number of aromatic nitrogens is 1. The molecule has 6 nitrogen and oxygen atoms in total. The summed E-state index contributed by atoms with van der Waals surface area (Å²) in [6.45, 7) is 5.62. The van der Waals surface area contributed by atoms with Gasteiger partial charge in [0.25, 0.3) is 0 Å². The van der Waals surface area contributed by atoms with Crippen molar-refractivity contribution >= 4 is 10.0 Å². The molecule has 0 radical (unpaired) electrons. The third kappa shape index (κ3) is 4.04. The van der Waals surface area contributed by atoms with E-state index in [0.717, 1.165) is 28.1 Å². The number of ether oxygens (including phenoxy) is 1. The predicted octanol–water partition coefficient (Wildman–Crippen LogP) is 3.75. The zero-order valence-corrected chi connectivity index (χ0v) is 16.6. The Hall–Kier alpha value is -2.64. The van der Waals surface area contributed by atoms with Gasteiger partial charge in [0.05, 0.1) is 17.7 Å². The van der Waals surface area contributed by atoms with E-state index in [1.54, 1.807) is 38.3 Å². The van der Waals surface area contributed by atoms with Gasteiger partial charge in [-0.05, 0) is 55.7 Å². The summed E-state index contributed by atoms with van der Waals surface area (Å²) in [6, 6.07) is 12.6. The van der Waals surface area contributed by atoms with E-state index in [2.05, 4.69) is 9.88 Å². The molecular weight excluding hydrogens is 364 g/mol. The molecule has 0 unspecified atom stereocenters. The van der Waals surface area contributed by atoms with E-state index in [4.69, 9.17) is 9.26 Å².